The third-order valence-corrected chi connectivity index (χ3v) is 3.56. The zero-order chi connectivity index (χ0) is 14.6. The van der Waals surface area contributed by atoms with Gasteiger partial charge in [-0.15, -0.1) is 0 Å². The van der Waals surface area contributed by atoms with Crippen LogP contribution in [0.4, 0.5) is 0 Å². The molecular weight excluding hydrogens is 256 g/mol. The Labute approximate surface area is 118 Å². The zero-order valence-corrected chi connectivity index (χ0v) is 11.6. The molecule has 1 aromatic rings. The number of carbonyl (C=O) groups is 2. The molecular formula is C15H20N2O3. The van der Waals surface area contributed by atoms with E-state index in [0.29, 0.717) is 26.1 Å². The molecule has 0 bridgehead atoms. The van der Waals surface area contributed by atoms with Gasteiger partial charge in [-0.05, 0) is 24.5 Å². The molecule has 1 aliphatic rings. The standard InChI is InChI=1S/C15H20N2O3/c1-11-4-2-3-5-12(11)6-7-14(19)17-15(8-13(16)18)9-20-10-15/h2-5H,6-10H2,1H3,(H2,16,18)(H,17,19). The summed E-state index contributed by atoms with van der Waals surface area (Å²) in [5, 5.41) is 2.89. The number of carbonyl (C=O) groups excluding carboxylic acids is 2. The first-order valence-electron chi connectivity index (χ1n) is 6.72. The quantitative estimate of drug-likeness (QED) is 0.802. The molecule has 0 spiro atoms. The van der Waals surface area contributed by atoms with Crippen molar-refractivity contribution in [3.8, 4) is 0 Å². The number of hydrogen-bond donors (Lipinski definition) is 2. The van der Waals surface area contributed by atoms with Crippen LogP contribution >= 0.6 is 0 Å². The van der Waals surface area contributed by atoms with Crippen LogP contribution in [0.2, 0.25) is 0 Å². The van der Waals surface area contributed by atoms with Crippen molar-refractivity contribution in [3.63, 3.8) is 0 Å². The van der Waals surface area contributed by atoms with Crippen LogP contribution < -0.4 is 11.1 Å². The van der Waals surface area contributed by atoms with Crippen molar-refractivity contribution < 1.29 is 14.3 Å². The summed E-state index contributed by atoms with van der Waals surface area (Å²) in [4.78, 5) is 23.0. The van der Waals surface area contributed by atoms with E-state index >= 15 is 0 Å². The predicted molar refractivity (Wildman–Crippen MR) is 75.0 cm³/mol. The first-order chi connectivity index (χ1) is 9.51. The number of aryl methyl sites for hydroxylation is 2. The average Bonchev–Trinajstić information content (AvgIpc) is 2.34. The van der Waals surface area contributed by atoms with Crippen molar-refractivity contribution in [3.05, 3.63) is 35.4 Å². The van der Waals surface area contributed by atoms with Gasteiger partial charge in [0.2, 0.25) is 11.8 Å². The van der Waals surface area contributed by atoms with Gasteiger partial charge >= 0.3 is 0 Å². The van der Waals surface area contributed by atoms with Crippen LogP contribution in [0.1, 0.15) is 24.0 Å². The van der Waals surface area contributed by atoms with E-state index in [-0.39, 0.29) is 12.3 Å². The minimum absolute atomic E-state index is 0.0715. The van der Waals surface area contributed by atoms with E-state index in [0.717, 1.165) is 5.56 Å². The highest BCUT2D eigenvalue weighted by molar-refractivity contribution is 5.80. The van der Waals surface area contributed by atoms with Gasteiger partial charge in [0.15, 0.2) is 0 Å². The fourth-order valence-corrected chi connectivity index (χ4v) is 2.40. The molecule has 0 aromatic heterocycles. The molecule has 20 heavy (non-hydrogen) atoms. The van der Waals surface area contributed by atoms with E-state index in [1.54, 1.807) is 0 Å². The topological polar surface area (TPSA) is 81.4 Å². The van der Waals surface area contributed by atoms with Crippen molar-refractivity contribution in [1.82, 2.24) is 5.32 Å². The Morgan fingerprint density at radius 2 is 2.05 bits per heavy atom. The Balaban J connectivity index is 1.86. The molecule has 1 aliphatic heterocycles. The van der Waals surface area contributed by atoms with Gasteiger partial charge in [-0.2, -0.15) is 0 Å². The van der Waals surface area contributed by atoms with Gasteiger partial charge in [-0.3, -0.25) is 9.59 Å². The van der Waals surface area contributed by atoms with Gasteiger partial charge in [0.05, 0.1) is 25.2 Å². The van der Waals surface area contributed by atoms with E-state index in [1.165, 1.54) is 5.56 Å². The number of hydrogen-bond acceptors (Lipinski definition) is 3. The normalized spacial score (nSPS) is 16.2. The molecule has 2 rings (SSSR count). The molecule has 0 aliphatic carbocycles. The highest BCUT2D eigenvalue weighted by atomic mass is 16.5. The third kappa shape index (κ3) is 3.57. The van der Waals surface area contributed by atoms with E-state index in [4.69, 9.17) is 10.5 Å². The highest BCUT2D eigenvalue weighted by Gasteiger charge is 2.41. The van der Waals surface area contributed by atoms with Crippen LogP contribution in [0.15, 0.2) is 24.3 Å². The summed E-state index contributed by atoms with van der Waals surface area (Å²) in [7, 11) is 0. The van der Waals surface area contributed by atoms with Crippen LogP contribution in [0, 0.1) is 6.92 Å². The fourth-order valence-electron chi connectivity index (χ4n) is 2.40. The molecule has 0 unspecified atom stereocenters. The molecule has 1 heterocycles. The number of ether oxygens (including phenoxy) is 1. The van der Waals surface area contributed by atoms with E-state index in [1.807, 2.05) is 31.2 Å². The Morgan fingerprint density at radius 3 is 2.60 bits per heavy atom. The monoisotopic (exact) mass is 276 g/mol. The number of primary amides is 1. The summed E-state index contributed by atoms with van der Waals surface area (Å²) in [6, 6.07) is 8.00. The molecule has 1 aromatic carbocycles. The Hall–Kier alpha value is -1.88. The Morgan fingerprint density at radius 1 is 1.35 bits per heavy atom. The number of rotatable bonds is 6. The van der Waals surface area contributed by atoms with E-state index < -0.39 is 11.4 Å². The number of benzene rings is 1. The summed E-state index contributed by atoms with van der Waals surface area (Å²) in [5.74, 6) is -0.495. The Kier molecular flexibility index (Phi) is 4.39. The van der Waals surface area contributed by atoms with Crippen LogP contribution in [0.5, 0.6) is 0 Å². The molecule has 2 amide bonds. The summed E-state index contributed by atoms with van der Waals surface area (Å²) >= 11 is 0. The zero-order valence-electron chi connectivity index (χ0n) is 11.6. The Bertz CT molecular complexity index is 510. The number of nitrogens with two attached hydrogens (primary N) is 1. The third-order valence-electron chi connectivity index (χ3n) is 3.56. The summed E-state index contributed by atoms with van der Waals surface area (Å²) in [5.41, 5.74) is 6.96. The summed E-state index contributed by atoms with van der Waals surface area (Å²) in [6.45, 7) is 2.74. The van der Waals surface area contributed by atoms with Crippen molar-refractivity contribution in [1.29, 1.82) is 0 Å². The minimum Gasteiger partial charge on any atom is -0.376 e. The van der Waals surface area contributed by atoms with Crippen molar-refractivity contribution >= 4 is 11.8 Å². The van der Waals surface area contributed by atoms with Crippen LogP contribution in [-0.2, 0) is 20.7 Å². The van der Waals surface area contributed by atoms with Gasteiger partial charge in [0.1, 0.15) is 0 Å². The summed E-state index contributed by atoms with van der Waals surface area (Å²) < 4.78 is 5.10. The maximum absolute atomic E-state index is 12.0. The second-order valence-electron chi connectivity index (χ2n) is 5.39. The van der Waals surface area contributed by atoms with Gasteiger partial charge in [0.25, 0.3) is 0 Å². The molecule has 5 heteroatoms. The molecule has 1 saturated heterocycles. The molecule has 0 saturated carbocycles. The number of amides is 2. The van der Waals surface area contributed by atoms with Crippen molar-refractivity contribution in [2.45, 2.75) is 31.7 Å². The predicted octanol–water partition coefficient (Wildman–Crippen LogP) is 0.688. The average molecular weight is 276 g/mol. The van der Waals surface area contributed by atoms with Gasteiger partial charge in [-0.1, -0.05) is 24.3 Å². The van der Waals surface area contributed by atoms with E-state index in [9.17, 15) is 9.59 Å². The van der Waals surface area contributed by atoms with Crippen molar-refractivity contribution in [2.75, 3.05) is 13.2 Å². The van der Waals surface area contributed by atoms with Crippen LogP contribution in [0.3, 0.4) is 0 Å². The molecule has 3 N–H and O–H groups in total. The second kappa shape index (κ2) is 6.05. The first kappa shape index (κ1) is 14.5. The molecule has 0 atom stereocenters. The number of nitrogens with one attached hydrogen (secondary N) is 1. The minimum atomic E-state index is -0.589. The molecule has 0 radical (unpaired) electrons. The summed E-state index contributed by atoms with van der Waals surface area (Å²) in [6.07, 6.45) is 1.21. The maximum Gasteiger partial charge on any atom is 0.220 e. The maximum atomic E-state index is 12.0. The molecule has 1 fully saturated rings. The lowest BCUT2D eigenvalue weighted by molar-refractivity contribution is -0.138. The van der Waals surface area contributed by atoms with Gasteiger partial charge in [-0.25, -0.2) is 0 Å². The first-order valence-corrected chi connectivity index (χ1v) is 6.72. The fraction of sp³-hybridized carbons (Fsp3) is 0.467. The van der Waals surface area contributed by atoms with Gasteiger partial charge < -0.3 is 15.8 Å². The van der Waals surface area contributed by atoms with Crippen LogP contribution in [-0.4, -0.2) is 30.6 Å². The SMILES string of the molecule is Cc1ccccc1CCC(=O)NC1(CC(N)=O)COC1. The van der Waals surface area contributed by atoms with Gasteiger partial charge in [0, 0.05) is 6.42 Å². The smallest absolute Gasteiger partial charge is 0.220 e. The van der Waals surface area contributed by atoms with Crippen molar-refractivity contribution in [2.24, 2.45) is 5.73 Å². The largest absolute Gasteiger partial charge is 0.376 e. The van der Waals surface area contributed by atoms with E-state index in [2.05, 4.69) is 5.32 Å². The van der Waals surface area contributed by atoms with Crippen LogP contribution in [0.25, 0.3) is 0 Å². The second-order valence-corrected chi connectivity index (χ2v) is 5.39. The molecule has 5 nitrogen and oxygen atoms in total. The highest BCUT2D eigenvalue weighted by Crippen LogP contribution is 2.21. The lowest BCUT2D eigenvalue weighted by Gasteiger charge is -2.41. The molecule has 108 valence electrons. The lowest BCUT2D eigenvalue weighted by Crippen LogP contribution is -2.63. The lowest BCUT2D eigenvalue weighted by atomic mass is 9.92.